The van der Waals surface area contributed by atoms with Crippen LogP contribution in [-0.2, 0) is 16.6 Å². The van der Waals surface area contributed by atoms with Gasteiger partial charge in [0, 0.05) is 23.6 Å². The van der Waals surface area contributed by atoms with Gasteiger partial charge in [0.2, 0.25) is 10.0 Å². The first kappa shape index (κ1) is 16.6. The Balaban J connectivity index is 3.17. The smallest absolute Gasteiger partial charge is 0.241 e. The molecule has 0 aliphatic carbocycles. The molecule has 2 N–H and O–H groups in total. The van der Waals surface area contributed by atoms with Crippen molar-refractivity contribution >= 4 is 26.0 Å². The molecular formula is C13H21BrN2O2S. The minimum absolute atomic E-state index is 0.301. The van der Waals surface area contributed by atoms with Gasteiger partial charge < -0.3 is 5.32 Å². The molecule has 0 atom stereocenters. The number of benzene rings is 1. The maximum absolute atomic E-state index is 12.1. The average molecular weight is 349 g/mol. The molecule has 0 aliphatic heterocycles. The molecular weight excluding hydrogens is 328 g/mol. The highest BCUT2D eigenvalue weighted by Gasteiger charge is 2.18. The fourth-order valence-corrected chi connectivity index (χ4v) is 3.80. The van der Waals surface area contributed by atoms with Crippen molar-refractivity contribution in [2.24, 2.45) is 0 Å². The topological polar surface area (TPSA) is 58.2 Å². The van der Waals surface area contributed by atoms with Crippen LogP contribution in [0.5, 0.6) is 0 Å². The lowest BCUT2D eigenvalue weighted by atomic mass is 10.1. The molecule has 1 rings (SSSR count). The summed E-state index contributed by atoms with van der Waals surface area (Å²) in [5, 5.41) is 3.29. The first-order valence-corrected chi connectivity index (χ1v) is 8.57. The molecule has 108 valence electrons. The molecule has 0 bridgehead atoms. The third-order valence-corrected chi connectivity index (χ3v) is 5.50. The number of aryl methyl sites for hydroxylation is 1. The largest absolute Gasteiger partial charge is 0.310 e. The summed E-state index contributed by atoms with van der Waals surface area (Å²) in [6.45, 7) is 8.81. The summed E-state index contributed by atoms with van der Waals surface area (Å²) in [7, 11) is -3.45. The minimum Gasteiger partial charge on any atom is -0.310 e. The molecule has 6 heteroatoms. The number of hydrogen-bond acceptors (Lipinski definition) is 3. The normalized spacial score (nSPS) is 12.1. The quantitative estimate of drug-likeness (QED) is 0.830. The fraction of sp³-hybridized carbons (Fsp3) is 0.538. The van der Waals surface area contributed by atoms with Crippen molar-refractivity contribution < 1.29 is 8.42 Å². The number of halogens is 1. The van der Waals surface area contributed by atoms with Crippen molar-refractivity contribution in [2.45, 2.75) is 45.2 Å². The van der Waals surface area contributed by atoms with Crippen molar-refractivity contribution in [2.75, 3.05) is 6.54 Å². The molecule has 0 aliphatic rings. The van der Waals surface area contributed by atoms with Gasteiger partial charge in [-0.1, -0.05) is 26.8 Å². The fourth-order valence-electron chi connectivity index (χ4n) is 1.70. The maximum Gasteiger partial charge on any atom is 0.241 e. The van der Waals surface area contributed by atoms with Crippen LogP contribution in [0.2, 0.25) is 0 Å². The number of hydrogen-bond donors (Lipinski definition) is 2. The monoisotopic (exact) mass is 348 g/mol. The van der Waals surface area contributed by atoms with Crippen LogP contribution in [0.4, 0.5) is 0 Å². The van der Waals surface area contributed by atoms with E-state index >= 15 is 0 Å². The Morgan fingerprint density at radius 3 is 2.47 bits per heavy atom. The highest BCUT2D eigenvalue weighted by Crippen LogP contribution is 2.27. The van der Waals surface area contributed by atoms with Crippen LogP contribution in [0.1, 0.15) is 31.9 Å². The van der Waals surface area contributed by atoms with E-state index in [0.717, 1.165) is 11.1 Å². The second kappa shape index (κ2) is 6.83. The van der Waals surface area contributed by atoms with E-state index < -0.39 is 10.0 Å². The van der Waals surface area contributed by atoms with E-state index in [9.17, 15) is 8.42 Å². The maximum atomic E-state index is 12.1. The van der Waals surface area contributed by atoms with E-state index in [0.29, 0.717) is 28.5 Å². The molecule has 0 fully saturated rings. The van der Waals surface area contributed by atoms with Crippen molar-refractivity contribution in [3.05, 3.63) is 27.7 Å². The van der Waals surface area contributed by atoms with E-state index in [1.807, 2.05) is 13.0 Å². The Bertz CT molecular complexity index is 542. The lowest BCUT2D eigenvalue weighted by molar-refractivity contribution is 0.580. The van der Waals surface area contributed by atoms with Gasteiger partial charge in [-0.05, 0) is 40.0 Å². The molecule has 19 heavy (non-hydrogen) atoms. The Kier molecular flexibility index (Phi) is 5.98. The first-order chi connectivity index (χ1) is 8.77. The van der Waals surface area contributed by atoms with E-state index in [-0.39, 0.29) is 0 Å². The highest BCUT2D eigenvalue weighted by molar-refractivity contribution is 9.10. The van der Waals surface area contributed by atoms with Gasteiger partial charge in [0.1, 0.15) is 0 Å². The zero-order valence-electron chi connectivity index (χ0n) is 11.7. The van der Waals surface area contributed by atoms with Crippen LogP contribution in [0.3, 0.4) is 0 Å². The molecule has 0 radical (unpaired) electrons. The van der Waals surface area contributed by atoms with Gasteiger partial charge in [-0.2, -0.15) is 0 Å². The molecule has 0 amide bonds. The molecule has 1 aromatic carbocycles. The van der Waals surface area contributed by atoms with Gasteiger partial charge in [0.25, 0.3) is 0 Å². The SMILES string of the molecule is CCNS(=O)(=O)c1cc(CNC(C)C)cc(C)c1Br. The van der Waals surface area contributed by atoms with Crippen LogP contribution in [0.25, 0.3) is 0 Å². The van der Waals surface area contributed by atoms with Crippen LogP contribution in [0.15, 0.2) is 21.5 Å². The van der Waals surface area contributed by atoms with Crippen LogP contribution < -0.4 is 10.0 Å². The van der Waals surface area contributed by atoms with Gasteiger partial charge in [-0.3, -0.25) is 0 Å². The predicted molar refractivity (Wildman–Crippen MR) is 81.7 cm³/mol. The molecule has 0 spiro atoms. The summed E-state index contributed by atoms with van der Waals surface area (Å²) < 4.78 is 27.4. The average Bonchev–Trinajstić information content (AvgIpc) is 2.30. The number of nitrogens with one attached hydrogen (secondary N) is 2. The Morgan fingerprint density at radius 1 is 1.32 bits per heavy atom. The second-order valence-electron chi connectivity index (χ2n) is 4.76. The van der Waals surface area contributed by atoms with Crippen molar-refractivity contribution in [1.82, 2.24) is 10.0 Å². The summed E-state index contributed by atoms with van der Waals surface area (Å²) >= 11 is 3.36. The second-order valence-corrected chi connectivity index (χ2v) is 7.29. The summed E-state index contributed by atoms with van der Waals surface area (Å²) in [5.74, 6) is 0. The molecule has 0 saturated heterocycles. The van der Waals surface area contributed by atoms with E-state index in [1.165, 1.54) is 0 Å². The predicted octanol–water partition coefficient (Wildman–Crippen LogP) is 2.55. The number of sulfonamides is 1. The van der Waals surface area contributed by atoms with E-state index in [2.05, 4.69) is 39.8 Å². The third-order valence-electron chi connectivity index (χ3n) is 2.62. The molecule has 0 aromatic heterocycles. The molecule has 1 aromatic rings. The van der Waals surface area contributed by atoms with Gasteiger partial charge in [-0.25, -0.2) is 13.1 Å². The van der Waals surface area contributed by atoms with Gasteiger partial charge >= 0.3 is 0 Å². The Hall–Kier alpha value is -0.430. The lowest BCUT2D eigenvalue weighted by Crippen LogP contribution is -2.25. The van der Waals surface area contributed by atoms with E-state index in [1.54, 1.807) is 13.0 Å². The summed E-state index contributed by atoms with van der Waals surface area (Å²) in [6, 6.07) is 4.06. The van der Waals surface area contributed by atoms with E-state index in [4.69, 9.17) is 0 Å². The summed E-state index contributed by atoms with van der Waals surface area (Å²) in [4.78, 5) is 0.301. The van der Waals surface area contributed by atoms with Crippen molar-refractivity contribution in [1.29, 1.82) is 0 Å². The molecule has 4 nitrogen and oxygen atoms in total. The number of rotatable bonds is 6. The zero-order valence-corrected chi connectivity index (χ0v) is 14.2. The van der Waals surface area contributed by atoms with Crippen LogP contribution in [-0.4, -0.2) is 21.0 Å². The Morgan fingerprint density at radius 2 is 1.95 bits per heavy atom. The zero-order chi connectivity index (χ0) is 14.6. The van der Waals surface area contributed by atoms with Crippen molar-refractivity contribution in [3.63, 3.8) is 0 Å². The summed E-state index contributed by atoms with van der Waals surface area (Å²) in [5.41, 5.74) is 1.88. The van der Waals surface area contributed by atoms with Crippen LogP contribution >= 0.6 is 15.9 Å². The third kappa shape index (κ3) is 4.56. The first-order valence-electron chi connectivity index (χ1n) is 6.30. The van der Waals surface area contributed by atoms with Crippen LogP contribution in [0, 0.1) is 6.92 Å². The lowest BCUT2D eigenvalue weighted by Gasteiger charge is -2.13. The Labute approximate surface area is 124 Å². The summed E-state index contributed by atoms with van der Waals surface area (Å²) in [6.07, 6.45) is 0. The standard InChI is InChI=1S/C13H21BrN2O2S/c1-5-16-19(17,18)12-7-11(8-15-9(2)3)6-10(4)13(12)14/h6-7,9,15-16H,5,8H2,1-4H3. The minimum atomic E-state index is -3.45. The van der Waals surface area contributed by atoms with Gasteiger partial charge in [-0.15, -0.1) is 0 Å². The molecule has 0 unspecified atom stereocenters. The van der Waals surface area contributed by atoms with Gasteiger partial charge in [0.15, 0.2) is 0 Å². The van der Waals surface area contributed by atoms with Gasteiger partial charge in [0.05, 0.1) is 4.90 Å². The van der Waals surface area contributed by atoms with Crippen molar-refractivity contribution in [3.8, 4) is 0 Å². The highest BCUT2D eigenvalue weighted by atomic mass is 79.9. The molecule has 0 saturated carbocycles. The molecule has 0 heterocycles.